The van der Waals surface area contributed by atoms with Crippen LogP contribution in [-0.4, -0.2) is 25.2 Å². The molecule has 0 spiro atoms. The topological polar surface area (TPSA) is 52.6 Å². The minimum Gasteiger partial charge on any atom is -0.462 e. The summed E-state index contributed by atoms with van der Waals surface area (Å²) in [5.74, 6) is 4.21. The molecule has 2 aromatic carbocycles. The second-order valence-electron chi connectivity index (χ2n) is 4.96. The van der Waals surface area contributed by atoms with E-state index in [1.807, 2.05) is 0 Å². The monoisotopic (exact) mass is 340 g/mol. The molecular weight excluding hydrogens is 323 g/mol. The molecule has 0 unspecified atom stereocenters. The zero-order valence-corrected chi connectivity index (χ0v) is 14.0. The fourth-order valence-electron chi connectivity index (χ4n) is 2.06. The molecule has 0 aromatic heterocycles. The predicted octanol–water partition coefficient (Wildman–Crippen LogP) is 3.58. The third-order valence-corrected chi connectivity index (χ3v) is 3.21. The molecule has 0 fully saturated rings. The molecule has 128 valence electrons. The van der Waals surface area contributed by atoms with E-state index in [1.54, 1.807) is 32.0 Å². The number of carbonyl (C=O) groups excluding carboxylic acids is 2. The summed E-state index contributed by atoms with van der Waals surface area (Å²) < 4.78 is 22.9. The molecule has 0 bridgehead atoms. The van der Waals surface area contributed by atoms with Crippen LogP contribution in [0.25, 0.3) is 0 Å². The van der Waals surface area contributed by atoms with Gasteiger partial charge in [0.2, 0.25) is 0 Å². The first-order chi connectivity index (χ1) is 12.0. The van der Waals surface area contributed by atoms with Crippen molar-refractivity contribution >= 4 is 11.9 Å². The number of carbonyl (C=O) groups is 2. The average Bonchev–Trinajstić information content (AvgIpc) is 2.61. The fraction of sp³-hybridized carbons (Fsp3) is 0.200. The van der Waals surface area contributed by atoms with Gasteiger partial charge in [-0.3, -0.25) is 0 Å². The molecule has 0 aliphatic carbocycles. The minimum absolute atomic E-state index is 0.103. The van der Waals surface area contributed by atoms with Gasteiger partial charge in [-0.25, -0.2) is 14.0 Å². The summed E-state index contributed by atoms with van der Waals surface area (Å²) in [7, 11) is 0. The number of benzene rings is 2. The van der Waals surface area contributed by atoms with Crippen LogP contribution in [0.4, 0.5) is 4.39 Å². The molecule has 0 N–H and O–H groups in total. The Morgan fingerprint density at radius 3 is 1.96 bits per heavy atom. The summed E-state index contributed by atoms with van der Waals surface area (Å²) in [6.07, 6.45) is 0. The summed E-state index contributed by atoms with van der Waals surface area (Å²) in [4.78, 5) is 24.1. The van der Waals surface area contributed by atoms with E-state index in [0.29, 0.717) is 11.1 Å². The van der Waals surface area contributed by atoms with E-state index in [4.69, 9.17) is 9.47 Å². The van der Waals surface area contributed by atoms with Gasteiger partial charge in [0.1, 0.15) is 5.82 Å². The highest BCUT2D eigenvalue weighted by atomic mass is 19.1. The van der Waals surface area contributed by atoms with E-state index in [0.717, 1.165) is 0 Å². The highest BCUT2D eigenvalue weighted by Crippen LogP contribution is 2.15. The van der Waals surface area contributed by atoms with Gasteiger partial charge in [-0.05, 0) is 56.3 Å². The molecule has 0 aliphatic heterocycles. The number of esters is 2. The number of rotatable bonds is 4. The summed E-state index contributed by atoms with van der Waals surface area (Å²) in [5, 5.41) is 0. The highest BCUT2D eigenvalue weighted by Gasteiger charge is 2.19. The predicted molar refractivity (Wildman–Crippen MR) is 90.7 cm³/mol. The van der Waals surface area contributed by atoms with Crippen molar-refractivity contribution in [2.75, 3.05) is 13.2 Å². The molecule has 5 heteroatoms. The second-order valence-corrected chi connectivity index (χ2v) is 4.96. The van der Waals surface area contributed by atoms with E-state index in [-0.39, 0.29) is 30.2 Å². The van der Waals surface area contributed by atoms with Crippen LogP contribution in [0.5, 0.6) is 0 Å². The standard InChI is InChI=1S/C20H17FO4/c1-3-24-19(22)17-12-9-15(13-18(17)20(23)25-4-2)6-5-14-7-10-16(21)11-8-14/h7-13H,3-4H2,1-2H3. The zero-order chi connectivity index (χ0) is 18.2. The number of ether oxygens (including phenoxy) is 2. The molecule has 0 radical (unpaired) electrons. The maximum atomic E-state index is 12.9. The molecule has 25 heavy (non-hydrogen) atoms. The van der Waals surface area contributed by atoms with Gasteiger partial charge < -0.3 is 9.47 Å². The highest BCUT2D eigenvalue weighted by molar-refractivity contribution is 6.03. The van der Waals surface area contributed by atoms with Crippen molar-refractivity contribution in [2.45, 2.75) is 13.8 Å². The van der Waals surface area contributed by atoms with Crippen molar-refractivity contribution in [3.63, 3.8) is 0 Å². The first-order valence-corrected chi connectivity index (χ1v) is 7.81. The Balaban J connectivity index is 2.37. The van der Waals surface area contributed by atoms with Crippen LogP contribution in [0, 0.1) is 17.7 Å². The van der Waals surface area contributed by atoms with Gasteiger partial charge in [-0.15, -0.1) is 0 Å². The molecule has 0 aliphatic rings. The molecular formula is C20H17FO4. The van der Waals surface area contributed by atoms with Gasteiger partial charge in [0.15, 0.2) is 0 Å². The van der Waals surface area contributed by atoms with Gasteiger partial charge in [0.25, 0.3) is 0 Å². The Kier molecular flexibility index (Phi) is 6.30. The van der Waals surface area contributed by atoms with E-state index in [2.05, 4.69) is 11.8 Å². The van der Waals surface area contributed by atoms with Crippen molar-refractivity contribution < 1.29 is 23.5 Å². The Morgan fingerprint density at radius 1 is 0.840 bits per heavy atom. The van der Waals surface area contributed by atoms with Gasteiger partial charge in [-0.2, -0.15) is 0 Å². The summed E-state index contributed by atoms with van der Waals surface area (Å²) >= 11 is 0. The lowest BCUT2D eigenvalue weighted by atomic mass is 10.0. The number of hydrogen-bond acceptors (Lipinski definition) is 4. The molecule has 4 nitrogen and oxygen atoms in total. The van der Waals surface area contributed by atoms with Crippen molar-refractivity contribution in [1.29, 1.82) is 0 Å². The van der Waals surface area contributed by atoms with Crippen LogP contribution in [0.15, 0.2) is 42.5 Å². The molecule has 0 amide bonds. The molecule has 0 atom stereocenters. The Bertz CT molecular complexity index is 829. The van der Waals surface area contributed by atoms with Crippen LogP contribution in [0.3, 0.4) is 0 Å². The van der Waals surface area contributed by atoms with Gasteiger partial charge >= 0.3 is 11.9 Å². The van der Waals surface area contributed by atoms with Gasteiger partial charge in [-0.1, -0.05) is 11.8 Å². The Hall–Kier alpha value is -3.13. The van der Waals surface area contributed by atoms with Crippen LogP contribution in [0.1, 0.15) is 45.7 Å². The zero-order valence-electron chi connectivity index (χ0n) is 14.0. The Morgan fingerprint density at radius 2 is 1.36 bits per heavy atom. The second kappa shape index (κ2) is 8.65. The number of hydrogen-bond donors (Lipinski definition) is 0. The van der Waals surface area contributed by atoms with Gasteiger partial charge in [0.05, 0.1) is 24.3 Å². The molecule has 0 saturated heterocycles. The lowest BCUT2D eigenvalue weighted by Crippen LogP contribution is -2.14. The quantitative estimate of drug-likeness (QED) is 0.631. The van der Waals surface area contributed by atoms with Crippen molar-refractivity contribution in [2.24, 2.45) is 0 Å². The normalized spacial score (nSPS) is 9.72. The van der Waals surface area contributed by atoms with Gasteiger partial charge in [0, 0.05) is 11.1 Å². The number of halogens is 1. The van der Waals surface area contributed by atoms with E-state index in [9.17, 15) is 14.0 Å². The third-order valence-electron chi connectivity index (χ3n) is 3.21. The Labute approximate surface area is 145 Å². The molecule has 2 aromatic rings. The lowest BCUT2D eigenvalue weighted by Gasteiger charge is -2.08. The van der Waals surface area contributed by atoms with Crippen LogP contribution in [0.2, 0.25) is 0 Å². The van der Waals surface area contributed by atoms with Crippen molar-refractivity contribution in [1.82, 2.24) is 0 Å². The summed E-state index contributed by atoms with van der Waals surface area (Å²) in [6.45, 7) is 3.75. The van der Waals surface area contributed by atoms with E-state index in [1.165, 1.54) is 24.3 Å². The van der Waals surface area contributed by atoms with E-state index < -0.39 is 11.9 Å². The minimum atomic E-state index is -0.615. The van der Waals surface area contributed by atoms with Crippen LogP contribution < -0.4 is 0 Å². The third kappa shape index (κ3) is 4.92. The van der Waals surface area contributed by atoms with Crippen LogP contribution in [-0.2, 0) is 9.47 Å². The maximum Gasteiger partial charge on any atom is 0.339 e. The smallest absolute Gasteiger partial charge is 0.339 e. The lowest BCUT2D eigenvalue weighted by molar-refractivity contribution is 0.0479. The maximum absolute atomic E-state index is 12.9. The molecule has 2 rings (SSSR count). The molecule has 0 heterocycles. The first-order valence-electron chi connectivity index (χ1n) is 7.81. The average molecular weight is 340 g/mol. The first kappa shape index (κ1) is 18.2. The summed E-state index contributed by atoms with van der Waals surface area (Å²) in [5.41, 5.74) is 1.40. The van der Waals surface area contributed by atoms with Crippen molar-refractivity contribution in [3.05, 3.63) is 70.5 Å². The largest absolute Gasteiger partial charge is 0.462 e. The summed E-state index contributed by atoms with van der Waals surface area (Å²) in [6, 6.07) is 10.3. The van der Waals surface area contributed by atoms with Crippen molar-refractivity contribution in [3.8, 4) is 11.8 Å². The molecule has 0 saturated carbocycles. The SMILES string of the molecule is CCOC(=O)c1ccc(C#Cc2ccc(F)cc2)cc1C(=O)OCC. The van der Waals surface area contributed by atoms with E-state index >= 15 is 0 Å². The fourth-order valence-corrected chi connectivity index (χ4v) is 2.06. The van der Waals surface area contributed by atoms with Crippen LogP contribution >= 0.6 is 0 Å².